The fourth-order valence-corrected chi connectivity index (χ4v) is 2.06. The molecule has 0 amide bonds. The molecule has 1 aromatic rings. The number of methoxy groups -OCH3 is 1. The average Bonchev–Trinajstić information content (AvgIpc) is 2.39. The number of benzene rings is 1. The van der Waals surface area contributed by atoms with E-state index in [4.69, 9.17) is 4.74 Å². The molecule has 0 saturated carbocycles. The van der Waals surface area contributed by atoms with E-state index in [0.29, 0.717) is 12.8 Å². The number of carbonyl (C=O) groups is 1. The van der Waals surface area contributed by atoms with Gasteiger partial charge in [0.25, 0.3) is 0 Å². The van der Waals surface area contributed by atoms with Gasteiger partial charge < -0.3 is 4.74 Å². The number of hydrogen-bond acceptors (Lipinski definition) is 2. The first-order valence-corrected chi connectivity index (χ1v) is 7.01. The Morgan fingerprint density at radius 1 is 1.21 bits per heavy atom. The van der Waals surface area contributed by atoms with Gasteiger partial charge in [-0.05, 0) is 24.1 Å². The smallest absolute Gasteiger partial charge is 0.165 e. The van der Waals surface area contributed by atoms with Crippen LogP contribution in [0.15, 0.2) is 18.2 Å². The van der Waals surface area contributed by atoms with E-state index >= 15 is 0 Å². The summed E-state index contributed by atoms with van der Waals surface area (Å²) in [6, 6.07) is 4.70. The molecule has 0 aromatic heterocycles. The summed E-state index contributed by atoms with van der Waals surface area (Å²) in [5, 5.41) is 0. The normalized spacial score (nSPS) is 10.5. The maximum absolute atomic E-state index is 13.5. The van der Waals surface area contributed by atoms with E-state index in [9.17, 15) is 9.18 Å². The van der Waals surface area contributed by atoms with Crippen molar-refractivity contribution in [3.8, 4) is 5.75 Å². The topological polar surface area (TPSA) is 26.3 Å². The maximum Gasteiger partial charge on any atom is 0.165 e. The highest BCUT2D eigenvalue weighted by Crippen LogP contribution is 2.18. The third-order valence-corrected chi connectivity index (χ3v) is 3.18. The second-order valence-electron chi connectivity index (χ2n) is 4.85. The highest BCUT2D eigenvalue weighted by Gasteiger charge is 2.07. The lowest BCUT2D eigenvalue weighted by Crippen LogP contribution is -2.03. The molecule has 0 bridgehead atoms. The number of hydrogen-bond donors (Lipinski definition) is 0. The summed E-state index contributed by atoms with van der Waals surface area (Å²) in [6.45, 7) is 2.17. The molecule has 0 aliphatic heterocycles. The molecule has 0 aliphatic rings. The van der Waals surface area contributed by atoms with Crippen molar-refractivity contribution in [1.29, 1.82) is 0 Å². The van der Waals surface area contributed by atoms with Crippen LogP contribution in [0.1, 0.15) is 51.0 Å². The Kier molecular flexibility index (Phi) is 7.16. The molecule has 106 valence electrons. The maximum atomic E-state index is 13.5. The molecule has 0 atom stereocenters. The Labute approximate surface area is 115 Å². The van der Waals surface area contributed by atoms with Crippen molar-refractivity contribution in [2.75, 3.05) is 7.11 Å². The summed E-state index contributed by atoms with van der Waals surface area (Å²) in [4.78, 5) is 11.8. The largest absolute Gasteiger partial charge is 0.494 e. The van der Waals surface area contributed by atoms with Crippen molar-refractivity contribution >= 4 is 5.78 Å². The molecule has 0 saturated heterocycles. The van der Waals surface area contributed by atoms with Crippen LogP contribution in [0.2, 0.25) is 0 Å². The van der Waals surface area contributed by atoms with Gasteiger partial charge in [-0.15, -0.1) is 0 Å². The van der Waals surface area contributed by atoms with Crippen LogP contribution in [0.3, 0.4) is 0 Å². The third kappa shape index (κ3) is 5.86. The Bertz CT molecular complexity index is 402. The minimum atomic E-state index is -0.407. The first-order chi connectivity index (χ1) is 9.17. The van der Waals surface area contributed by atoms with Crippen LogP contribution in [0.4, 0.5) is 4.39 Å². The fourth-order valence-electron chi connectivity index (χ4n) is 2.06. The van der Waals surface area contributed by atoms with E-state index < -0.39 is 5.82 Å². The second kappa shape index (κ2) is 8.68. The van der Waals surface area contributed by atoms with E-state index in [0.717, 1.165) is 18.4 Å². The number of halogens is 1. The summed E-state index contributed by atoms with van der Waals surface area (Å²) >= 11 is 0. The van der Waals surface area contributed by atoms with Gasteiger partial charge >= 0.3 is 0 Å². The molecule has 2 nitrogen and oxygen atoms in total. The number of ether oxygens (including phenoxy) is 1. The minimum absolute atomic E-state index is 0.182. The van der Waals surface area contributed by atoms with Gasteiger partial charge in [0.1, 0.15) is 5.78 Å². The quantitative estimate of drug-likeness (QED) is 0.623. The van der Waals surface area contributed by atoms with E-state index in [2.05, 4.69) is 6.92 Å². The predicted molar refractivity (Wildman–Crippen MR) is 75.0 cm³/mol. The zero-order valence-corrected chi connectivity index (χ0v) is 11.9. The number of ketones is 1. The lowest BCUT2D eigenvalue weighted by Gasteiger charge is -2.05. The van der Waals surface area contributed by atoms with Gasteiger partial charge in [-0.3, -0.25) is 4.79 Å². The van der Waals surface area contributed by atoms with Crippen LogP contribution in [0.5, 0.6) is 5.75 Å². The third-order valence-electron chi connectivity index (χ3n) is 3.18. The molecule has 0 unspecified atom stereocenters. The highest BCUT2D eigenvalue weighted by atomic mass is 19.1. The number of carbonyl (C=O) groups excluding carboxylic acids is 1. The van der Waals surface area contributed by atoms with Gasteiger partial charge in [0, 0.05) is 12.8 Å². The molecule has 0 radical (unpaired) electrons. The molecule has 0 spiro atoms. The van der Waals surface area contributed by atoms with Gasteiger partial charge in [0.2, 0.25) is 0 Å². The van der Waals surface area contributed by atoms with Crippen LogP contribution in [-0.2, 0) is 11.2 Å². The van der Waals surface area contributed by atoms with Crippen molar-refractivity contribution < 1.29 is 13.9 Å². The van der Waals surface area contributed by atoms with Crippen molar-refractivity contribution in [3.05, 3.63) is 29.6 Å². The Morgan fingerprint density at radius 3 is 2.58 bits per heavy atom. The van der Waals surface area contributed by atoms with E-state index in [1.807, 2.05) is 0 Å². The van der Waals surface area contributed by atoms with Gasteiger partial charge in [0.05, 0.1) is 7.11 Å². The Morgan fingerprint density at radius 2 is 1.95 bits per heavy atom. The van der Waals surface area contributed by atoms with Gasteiger partial charge in [-0.2, -0.15) is 0 Å². The first-order valence-electron chi connectivity index (χ1n) is 7.01. The van der Waals surface area contributed by atoms with Gasteiger partial charge in [-0.25, -0.2) is 4.39 Å². The zero-order valence-electron chi connectivity index (χ0n) is 11.9. The molecular formula is C16H23FO2. The lowest BCUT2D eigenvalue weighted by atomic mass is 10.0. The standard InChI is InChI=1S/C16H23FO2/c1-3-4-5-6-7-8-14(18)11-13-9-10-16(19-2)15(17)12-13/h9-10,12H,3-8,11H2,1-2H3. The zero-order chi connectivity index (χ0) is 14.1. The molecule has 0 heterocycles. The summed E-state index contributed by atoms with van der Waals surface area (Å²) in [5.41, 5.74) is 0.719. The van der Waals surface area contributed by atoms with Crippen LogP contribution >= 0.6 is 0 Å². The first kappa shape index (κ1) is 15.7. The molecule has 0 N–H and O–H groups in total. The van der Waals surface area contributed by atoms with Crippen molar-refractivity contribution in [2.45, 2.75) is 51.9 Å². The highest BCUT2D eigenvalue weighted by molar-refractivity contribution is 5.80. The molecule has 1 aromatic carbocycles. The van der Waals surface area contributed by atoms with Crippen LogP contribution in [0, 0.1) is 5.82 Å². The summed E-state index contributed by atoms with van der Waals surface area (Å²) < 4.78 is 18.3. The SMILES string of the molecule is CCCCCCCC(=O)Cc1ccc(OC)c(F)c1. The van der Waals surface area contributed by atoms with Crippen molar-refractivity contribution in [2.24, 2.45) is 0 Å². The Hall–Kier alpha value is -1.38. The summed E-state index contributed by atoms with van der Waals surface area (Å²) in [5.74, 6) is -0.00687. The minimum Gasteiger partial charge on any atom is -0.494 e. The molecule has 0 aliphatic carbocycles. The summed E-state index contributed by atoms with van der Waals surface area (Å²) in [6.07, 6.45) is 6.60. The van der Waals surface area contributed by atoms with E-state index in [-0.39, 0.29) is 11.5 Å². The molecule has 0 fully saturated rings. The second-order valence-corrected chi connectivity index (χ2v) is 4.85. The van der Waals surface area contributed by atoms with Gasteiger partial charge in [0.15, 0.2) is 11.6 Å². The van der Waals surface area contributed by atoms with Crippen LogP contribution in [0.25, 0.3) is 0 Å². The number of rotatable bonds is 9. The van der Waals surface area contributed by atoms with Crippen LogP contribution < -0.4 is 4.74 Å². The molecular weight excluding hydrogens is 243 g/mol. The number of Topliss-reactive ketones (excluding diaryl/α,β-unsaturated/α-hetero) is 1. The monoisotopic (exact) mass is 266 g/mol. The molecule has 3 heteroatoms. The predicted octanol–water partition coefficient (Wildman–Crippen LogP) is 4.31. The van der Waals surface area contributed by atoms with Crippen molar-refractivity contribution in [1.82, 2.24) is 0 Å². The fraction of sp³-hybridized carbons (Fsp3) is 0.562. The molecule has 19 heavy (non-hydrogen) atoms. The lowest BCUT2D eigenvalue weighted by molar-refractivity contribution is -0.118. The van der Waals surface area contributed by atoms with Crippen molar-refractivity contribution in [3.63, 3.8) is 0 Å². The summed E-state index contributed by atoms with van der Waals surface area (Å²) in [7, 11) is 1.43. The number of unbranched alkanes of at least 4 members (excludes halogenated alkanes) is 4. The van der Waals surface area contributed by atoms with E-state index in [1.165, 1.54) is 32.4 Å². The van der Waals surface area contributed by atoms with Gasteiger partial charge in [-0.1, -0.05) is 38.7 Å². The van der Waals surface area contributed by atoms with E-state index in [1.54, 1.807) is 12.1 Å². The van der Waals surface area contributed by atoms with Crippen LogP contribution in [-0.4, -0.2) is 12.9 Å². The average molecular weight is 266 g/mol. The molecule has 1 rings (SSSR count). The Balaban J connectivity index is 2.34.